The van der Waals surface area contributed by atoms with Gasteiger partial charge in [-0.05, 0) is 29.1 Å². The highest BCUT2D eigenvalue weighted by atomic mass is 32.1. The topological polar surface area (TPSA) is 58.6 Å². The third-order valence-electron chi connectivity index (χ3n) is 3.14. The van der Waals surface area contributed by atoms with Gasteiger partial charge in [0, 0.05) is 13.6 Å². The number of nitrogens with zero attached hydrogens (tertiary/aromatic N) is 1. The first-order valence-electron chi connectivity index (χ1n) is 7.05. The number of hydrogen-bond acceptors (Lipinski definition) is 4. The third kappa shape index (κ3) is 5.31. The molecule has 0 saturated heterocycles. The third-order valence-corrected chi connectivity index (χ3v) is 4.01. The van der Waals surface area contributed by atoms with E-state index >= 15 is 0 Å². The zero-order valence-electron chi connectivity index (χ0n) is 12.9. The number of alkyl halides is 2. The SMILES string of the molecule is CN(Cc1ccc(OC(F)F)cc1)C(=O)CNC(=O)c1cccs1. The van der Waals surface area contributed by atoms with Gasteiger partial charge in [0.1, 0.15) is 5.75 Å². The molecule has 1 aromatic carbocycles. The molecule has 0 atom stereocenters. The van der Waals surface area contributed by atoms with Crippen molar-refractivity contribution in [1.29, 1.82) is 0 Å². The molecule has 1 N–H and O–H groups in total. The summed E-state index contributed by atoms with van der Waals surface area (Å²) in [5.74, 6) is -0.487. The van der Waals surface area contributed by atoms with E-state index in [4.69, 9.17) is 0 Å². The Morgan fingerprint density at radius 2 is 1.96 bits per heavy atom. The van der Waals surface area contributed by atoms with Crippen LogP contribution in [0, 0.1) is 0 Å². The number of benzene rings is 1. The molecule has 2 amide bonds. The van der Waals surface area contributed by atoms with Crippen molar-refractivity contribution < 1.29 is 23.1 Å². The Balaban J connectivity index is 1.81. The Labute approximate surface area is 141 Å². The first-order valence-corrected chi connectivity index (χ1v) is 7.93. The van der Waals surface area contributed by atoms with Gasteiger partial charge in [0.25, 0.3) is 5.91 Å². The van der Waals surface area contributed by atoms with Crippen molar-refractivity contribution in [3.05, 3.63) is 52.2 Å². The van der Waals surface area contributed by atoms with Gasteiger partial charge in [0.05, 0.1) is 11.4 Å². The van der Waals surface area contributed by atoms with Crippen molar-refractivity contribution in [1.82, 2.24) is 10.2 Å². The Bertz CT molecular complexity index is 675. The van der Waals surface area contributed by atoms with Gasteiger partial charge in [-0.25, -0.2) is 0 Å². The standard InChI is InChI=1S/C16H16F2N2O3S/c1-20(10-11-4-6-12(7-5-11)23-16(17)18)14(21)9-19-15(22)13-3-2-8-24-13/h2-8,16H,9-10H2,1H3,(H,19,22). The van der Waals surface area contributed by atoms with Crippen LogP contribution in [0.5, 0.6) is 5.75 Å². The summed E-state index contributed by atoms with van der Waals surface area (Å²) in [6.45, 7) is -2.69. The van der Waals surface area contributed by atoms with Crippen molar-refractivity contribution >= 4 is 23.2 Å². The summed E-state index contributed by atoms with van der Waals surface area (Å²) in [5.41, 5.74) is 0.761. The molecular weight excluding hydrogens is 338 g/mol. The molecule has 0 spiro atoms. The minimum atomic E-state index is -2.87. The maximum Gasteiger partial charge on any atom is 0.387 e. The number of thiophene rings is 1. The molecule has 0 bridgehead atoms. The minimum absolute atomic E-state index is 0.0611. The van der Waals surface area contributed by atoms with Gasteiger partial charge in [-0.15, -0.1) is 11.3 Å². The summed E-state index contributed by atoms with van der Waals surface area (Å²) in [6, 6.07) is 9.47. The van der Waals surface area contributed by atoms with Crippen molar-refractivity contribution in [2.24, 2.45) is 0 Å². The second kappa shape index (κ2) is 8.39. The molecule has 1 aromatic heterocycles. The van der Waals surface area contributed by atoms with Gasteiger partial charge in [-0.1, -0.05) is 18.2 Å². The van der Waals surface area contributed by atoms with Crippen LogP contribution >= 0.6 is 11.3 Å². The molecule has 5 nitrogen and oxygen atoms in total. The Hall–Kier alpha value is -2.48. The lowest BCUT2D eigenvalue weighted by atomic mass is 10.2. The van der Waals surface area contributed by atoms with E-state index in [0.717, 1.165) is 5.56 Å². The molecule has 0 fully saturated rings. The summed E-state index contributed by atoms with van der Waals surface area (Å²) in [7, 11) is 1.60. The van der Waals surface area contributed by atoms with Crippen LogP contribution in [0.2, 0.25) is 0 Å². The van der Waals surface area contributed by atoms with Crippen molar-refractivity contribution in [3.63, 3.8) is 0 Å². The number of halogens is 2. The lowest BCUT2D eigenvalue weighted by Crippen LogP contribution is -2.37. The quantitative estimate of drug-likeness (QED) is 0.832. The zero-order valence-corrected chi connectivity index (χ0v) is 13.7. The van der Waals surface area contributed by atoms with Gasteiger partial charge in [-0.3, -0.25) is 9.59 Å². The molecule has 2 aromatic rings. The fraction of sp³-hybridized carbons (Fsp3) is 0.250. The lowest BCUT2D eigenvalue weighted by molar-refractivity contribution is -0.129. The Morgan fingerprint density at radius 1 is 1.25 bits per heavy atom. The zero-order chi connectivity index (χ0) is 17.5. The van der Waals surface area contributed by atoms with Crippen molar-refractivity contribution in [2.45, 2.75) is 13.2 Å². The van der Waals surface area contributed by atoms with Crippen LogP contribution in [0.3, 0.4) is 0 Å². The number of carbonyl (C=O) groups is 2. The predicted molar refractivity (Wildman–Crippen MR) is 86.2 cm³/mol. The Kier molecular flexibility index (Phi) is 6.25. The van der Waals surface area contributed by atoms with Gasteiger partial charge in [0.2, 0.25) is 5.91 Å². The molecule has 0 aliphatic carbocycles. The second-order valence-corrected chi connectivity index (χ2v) is 5.88. The number of amides is 2. The van der Waals surface area contributed by atoms with E-state index in [1.165, 1.54) is 28.4 Å². The molecule has 0 radical (unpaired) electrons. The molecule has 0 aliphatic rings. The molecule has 24 heavy (non-hydrogen) atoms. The first kappa shape index (κ1) is 17.9. The fourth-order valence-electron chi connectivity index (χ4n) is 1.92. The number of rotatable bonds is 7. The Morgan fingerprint density at radius 3 is 2.54 bits per heavy atom. The largest absolute Gasteiger partial charge is 0.435 e. The van der Waals surface area contributed by atoms with Crippen molar-refractivity contribution in [3.8, 4) is 5.75 Å². The average Bonchev–Trinajstić information content (AvgIpc) is 3.08. The summed E-state index contributed by atoms with van der Waals surface area (Å²) < 4.78 is 28.4. The van der Waals surface area contributed by atoms with E-state index in [-0.39, 0.29) is 24.1 Å². The summed E-state index contributed by atoms with van der Waals surface area (Å²) in [5, 5.41) is 4.34. The molecule has 0 aliphatic heterocycles. The second-order valence-electron chi connectivity index (χ2n) is 4.93. The van der Waals surface area contributed by atoms with E-state index in [1.54, 1.807) is 36.7 Å². The van der Waals surface area contributed by atoms with Crippen LogP contribution in [0.25, 0.3) is 0 Å². The number of hydrogen-bond donors (Lipinski definition) is 1. The molecule has 0 unspecified atom stereocenters. The van der Waals surface area contributed by atoms with Crippen LogP contribution in [-0.2, 0) is 11.3 Å². The summed E-state index contributed by atoms with van der Waals surface area (Å²) in [4.78, 5) is 25.8. The number of carbonyl (C=O) groups excluding carboxylic acids is 2. The average molecular weight is 354 g/mol. The van der Waals surface area contributed by atoms with Crippen LogP contribution in [0.15, 0.2) is 41.8 Å². The van der Waals surface area contributed by atoms with Gasteiger partial charge >= 0.3 is 6.61 Å². The smallest absolute Gasteiger partial charge is 0.387 e. The van der Waals surface area contributed by atoms with E-state index in [1.807, 2.05) is 0 Å². The first-order chi connectivity index (χ1) is 11.5. The van der Waals surface area contributed by atoms with Gasteiger partial charge < -0.3 is 15.0 Å². The van der Waals surface area contributed by atoms with E-state index in [0.29, 0.717) is 11.4 Å². The van der Waals surface area contributed by atoms with Gasteiger partial charge in [-0.2, -0.15) is 8.78 Å². The maximum absolute atomic E-state index is 12.1. The molecule has 0 saturated carbocycles. The predicted octanol–water partition coefficient (Wildman–Crippen LogP) is 2.74. The molecule has 128 valence electrons. The van der Waals surface area contributed by atoms with Crippen LogP contribution in [0.4, 0.5) is 8.78 Å². The molecule has 2 rings (SSSR count). The minimum Gasteiger partial charge on any atom is -0.435 e. The highest BCUT2D eigenvalue weighted by molar-refractivity contribution is 7.12. The van der Waals surface area contributed by atoms with E-state index in [2.05, 4.69) is 10.1 Å². The summed E-state index contributed by atoms with van der Waals surface area (Å²) in [6.07, 6.45) is 0. The highest BCUT2D eigenvalue weighted by Gasteiger charge is 2.13. The van der Waals surface area contributed by atoms with Crippen LogP contribution in [-0.4, -0.2) is 36.9 Å². The van der Waals surface area contributed by atoms with Gasteiger partial charge in [0.15, 0.2) is 0 Å². The fourth-order valence-corrected chi connectivity index (χ4v) is 2.56. The number of nitrogens with one attached hydrogen (secondary N) is 1. The highest BCUT2D eigenvalue weighted by Crippen LogP contribution is 2.15. The van der Waals surface area contributed by atoms with Crippen molar-refractivity contribution in [2.75, 3.05) is 13.6 Å². The van der Waals surface area contributed by atoms with Crippen LogP contribution in [0.1, 0.15) is 15.2 Å². The number of ether oxygens (including phenoxy) is 1. The maximum atomic E-state index is 12.1. The lowest BCUT2D eigenvalue weighted by Gasteiger charge is -2.17. The van der Waals surface area contributed by atoms with Crippen LogP contribution < -0.4 is 10.1 Å². The molecule has 1 heterocycles. The summed E-state index contributed by atoms with van der Waals surface area (Å²) >= 11 is 1.30. The molecule has 8 heteroatoms. The monoisotopic (exact) mass is 354 g/mol. The molecular formula is C16H16F2N2O3S. The number of likely N-dealkylation sites (N-methyl/N-ethyl adjacent to an activating group) is 1. The van der Waals surface area contributed by atoms with E-state index < -0.39 is 6.61 Å². The normalized spacial score (nSPS) is 10.5. The van der Waals surface area contributed by atoms with E-state index in [9.17, 15) is 18.4 Å².